The average molecular weight is 307 g/mol. The van der Waals surface area contributed by atoms with Crippen LogP contribution in [-0.2, 0) is 4.79 Å². The molecular formula is C10H13BrClN3O. The summed E-state index contributed by atoms with van der Waals surface area (Å²) in [4.78, 5) is 17.2. The third-order valence-electron chi connectivity index (χ3n) is 1.97. The first-order valence-electron chi connectivity index (χ1n) is 4.70. The number of likely N-dealkylation sites (N-methyl/N-ethyl adjacent to an activating group) is 1. The lowest BCUT2D eigenvalue weighted by atomic mass is 10.3. The highest BCUT2D eigenvalue weighted by Gasteiger charge is 2.16. The fraction of sp³-hybridized carbons (Fsp3) is 0.400. The predicted octanol–water partition coefficient (Wildman–Crippen LogP) is 2.39. The van der Waals surface area contributed by atoms with Crippen LogP contribution >= 0.6 is 27.5 Å². The van der Waals surface area contributed by atoms with E-state index < -0.39 is 0 Å². The van der Waals surface area contributed by atoms with Gasteiger partial charge in [0.1, 0.15) is 11.9 Å². The Morgan fingerprint density at radius 2 is 2.25 bits per heavy atom. The molecule has 0 aliphatic rings. The third-order valence-corrected chi connectivity index (χ3v) is 2.69. The fourth-order valence-corrected chi connectivity index (χ4v) is 1.86. The van der Waals surface area contributed by atoms with Gasteiger partial charge in [0.05, 0.1) is 5.02 Å². The van der Waals surface area contributed by atoms with Crippen molar-refractivity contribution in [2.75, 3.05) is 19.4 Å². The second kappa shape index (κ2) is 5.50. The summed E-state index contributed by atoms with van der Waals surface area (Å²) >= 11 is 9.24. The Bertz CT molecular complexity index is 398. The Labute approximate surface area is 108 Å². The van der Waals surface area contributed by atoms with Crippen molar-refractivity contribution < 1.29 is 4.79 Å². The van der Waals surface area contributed by atoms with E-state index in [1.54, 1.807) is 33.3 Å². The van der Waals surface area contributed by atoms with Crippen molar-refractivity contribution in [3.05, 3.63) is 21.8 Å². The molecule has 0 fully saturated rings. The molecule has 1 aromatic heterocycles. The molecule has 0 saturated carbocycles. The van der Waals surface area contributed by atoms with Crippen molar-refractivity contribution in [2.45, 2.75) is 13.0 Å². The van der Waals surface area contributed by atoms with Gasteiger partial charge in [0.2, 0.25) is 5.91 Å². The quantitative estimate of drug-likeness (QED) is 0.932. The lowest BCUT2D eigenvalue weighted by molar-refractivity contribution is -0.129. The SMILES string of the molecule is CC(Nc1ncc(Br)cc1Cl)C(=O)N(C)C. The van der Waals surface area contributed by atoms with Crippen LogP contribution in [-0.4, -0.2) is 35.9 Å². The van der Waals surface area contributed by atoms with Crippen LogP contribution in [0, 0.1) is 0 Å². The Hall–Kier alpha value is -0.810. The van der Waals surface area contributed by atoms with Crippen LogP contribution < -0.4 is 5.32 Å². The summed E-state index contributed by atoms with van der Waals surface area (Å²) in [6.07, 6.45) is 1.63. The lowest BCUT2D eigenvalue weighted by Gasteiger charge is -2.18. The van der Waals surface area contributed by atoms with Gasteiger partial charge < -0.3 is 10.2 Å². The fourth-order valence-electron chi connectivity index (χ4n) is 1.17. The van der Waals surface area contributed by atoms with Gasteiger partial charge in [-0.3, -0.25) is 4.79 Å². The van der Waals surface area contributed by atoms with Crippen molar-refractivity contribution in [2.24, 2.45) is 0 Å². The zero-order valence-corrected chi connectivity index (χ0v) is 11.6. The molecule has 1 N–H and O–H groups in total. The maximum atomic E-state index is 11.6. The number of aromatic nitrogens is 1. The minimum Gasteiger partial charge on any atom is -0.357 e. The van der Waals surface area contributed by atoms with E-state index in [4.69, 9.17) is 11.6 Å². The number of anilines is 1. The molecule has 1 atom stereocenters. The molecule has 1 rings (SSSR count). The second-order valence-corrected chi connectivity index (χ2v) is 4.91. The van der Waals surface area contributed by atoms with Crippen molar-refractivity contribution in [1.82, 2.24) is 9.88 Å². The molecule has 88 valence electrons. The molecule has 16 heavy (non-hydrogen) atoms. The van der Waals surface area contributed by atoms with E-state index in [0.29, 0.717) is 10.8 Å². The van der Waals surface area contributed by atoms with Crippen LogP contribution in [0.4, 0.5) is 5.82 Å². The predicted molar refractivity (Wildman–Crippen MR) is 68.7 cm³/mol. The van der Waals surface area contributed by atoms with Gasteiger partial charge in [-0.15, -0.1) is 0 Å². The van der Waals surface area contributed by atoms with Gasteiger partial charge in [-0.2, -0.15) is 0 Å². The molecule has 0 aliphatic carbocycles. The average Bonchev–Trinajstić information content (AvgIpc) is 2.20. The van der Waals surface area contributed by atoms with Gasteiger partial charge in [-0.1, -0.05) is 11.6 Å². The van der Waals surface area contributed by atoms with E-state index in [0.717, 1.165) is 4.47 Å². The molecule has 6 heteroatoms. The molecule has 0 saturated heterocycles. The van der Waals surface area contributed by atoms with Gasteiger partial charge in [-0.25, -0.2) is 4.98 Å². The zero-order chi connectivity index (χ0) is 12.3. The molecule has 1 amide bonds. The first-order chi connectivity index (χ1) is 7.41. The Balaban J connectivity index is 2.77. The van der Waals surface area contributed by atoms with Crippen LogP contribution in [0.2, 0.25) is 5.02 Å². The summed E-state index contributed by atoms with van der Waals surface area (Å²) in [5, 5.41) is 3.44. The highest BCUT2D eigenvalue weighted by Crippen LogP contribution is 2.23. The zero-order valence-electron chi connectivity index (χ0n) is 9.29. The summed E-state index contributed by atoms with van der Waals surface area (Å²) in [5.74, 6) is 0.480. The van der Waals surface area contributed by atoms with Crippen LogP contribution in [0.15, 0.2) is 16.7 Å². The topological polar surface area (TPSA) is 45.2 Å². The highest BCUT2D eigenvalue weighted by atomic mass is 79.9. The van der Waals surface area contributed by atoms with E-state index in [1.165, 1.54) is 4.90 Å². The van der Waals surface area contributed by atoms with Gasteiger partial charge in [0.25, 0.3) is 0 Å². The smallest absolute Gasteiger partial charge is 0.244 e. The summed E-state index contributed by atoms with van der Waals surface area (Å²) in [5.41, 5.74) is 0. The molecular weight excluding hydrogens is 293 g/mol. The first-order valence-corrected chi connectivity index (χ1v) is 5.87. The van der Waals surface area contributed by atoms with Crippen molar-refractivity contribution in [1.29, 1.82) is 0 Å². The molecule has 0 aromatic carbocycles. The maximum absolute atomic E-state index is 11.6. The van der Waals surface area contributed by atoms with E-state index in [1.807, 2.05) is 0 Å². The Morgan fingerprint density at radius 3 is 2.75 bits per heavy atom. The number of carbonyl (C=O) groups excluding carboxylic acids is 1. The van der Waals surface area contributed by atoms with E-state index in [9.17, 15) is 4.79 Å². The molecule has 1 unspecified atom stereocenters. The van der Waals surface area contributed by atoms with Crippen LogP contribution in [0.1, 0.15) is 6.92 Å². The third kappa shape index (κ3) is 3.35. The number of halogens is 2. The minimum atomic E-state index is -0.360. The van der Waals surface area contributed by atoms with E-state index in [-0.39, 0.29) is 11.9 Å². The minimum absolute atomic E-state index is 0.0271. The summed E-state index contributed by atoms with van der Waals surface area (Å²) < 4.78 is 0.801. The summed E-state index contributed by atoms with van der Waals surface area (Å²) in [6, 6.07) is 1.37. The van der Waals surface area contributed by atoms with Crippen LogP contribution in [0.3, 0.4) is 0 Å². The van der Waals surface area contributed by atoms with Gasteiger partial charge in [0.15, 0.2) is 0 Å². The van der Waals surface area contributed by atoms with Gasteiger partial charge in [-0.05, 0) is 28.9 Å². The number of nitrogens with one attached hydrogen (secondary N) is 1. The molecule has 1 heterocycles. The van der Waals surface area contributed by atoms with Crippen LogP contribution in [0.5, 0.6) is 0 Å². The number of hydrogen-bond acceptors (Lipinski definition) is 3. The second-order valence-electron chi connectivity index (χ2n) is 3.58. The number of carbonyl (C=O) groups is 1. The molecule has 0 bridgehead atoms. The lowest BCUT2D eigenvalue weighted by Crippen LogP contribution is -2.36. The van der Waals surface area contributed by atoms with E-state index in [2.05, 4.69) is 26.2 Å². The summed E-state index contributed by atoms with van der Waals surface area (Å²) in [6.45, 7) is 1.77. The Kier molecular flexibility index (Phi) is 4.56. The maximum Gasteiger partial charge on any atom is 0.244 e. The number of hydrogen-bond donors (Lipinski definition) is 1. The van der Waals surface area contributed by atoms with Crippen molar-refractivity contribution in [3.63, 3.8) is 0 Å². The number of pyridine rings is 1. The van der Waals surface area contributed by atoms with Gasteiger partial charge >= 0.3 is 0 Å². The van der Waals surface area contributed by atoms with Crippen LogP contribution in [0.25, 0.3) is 0 Å². The molecule has 0 aliphatic heterocycles. The normalized spacial score (nSPS) is 12.1. The van der Waals surface area contributed by atoms with Gasteiger partial charge in [0, 0.05) is 24.8 Å². The highest BCUT2D eigenvalue weighted by molar-refractivity contribution is 9.10. The number of amides is 1. The van der Waals surface area contributed by atoms with Crippen molar-refractivity contribution in [3.8, 4) is 0 Å². The number of nitrogens with zero attached hydrogens (tertiary/aromatic N) is 2. The number of rotatable bonds is 3. The standard InChI is InChI=1S/C10H13BrClN3O/c1-6(10(16)15(2)3)14-9-8(12)4-7(11)5-13-9/h4-6H,1-3H3,(H,13,14). The largest absolute Gasteiger partial charge is 0.357 e. The van der Waals surface area contributed by atoms with Crippen molar-refractivity contribution >= 4 is 39.3 Å². The molecule has 1 aromatic rings. The molecule has 4 nitrogen and oxygen atoms in total. The molecule has 0 spiro atoms. The monoisotopic (exact) mass is 305 g/mol. The van der Waals surface area contributed by atoms with E-state index >= 15 is 0 Å². The first kappa shape index (κ1) is 13.3. The summed E-state index contributed by atoms with van der Waals surface area (Å²) in [7, 11) is 3.41. The Morgan fingerprint density at radius 1 is 1.62 bits per heavy atom. The molecule has 0 radical (unpaired) electrons.